The van der Waals surface area contributed by atoms with Gasteiger partial charge in [-0.1, -0.05) is 13.3 Å². The van der Waals surface area contributed by atoms with Crippen molar-refractivity contribution in [3.8, 4) is 0 Å². The summed E-state index contributed by atoms with van der Waals surface area (Å²) in [7, 11) is 0. The Hall–Kier alpha value is -0.0800. The summed E-state index contributed by atoms with van der Waals surface area (Å²) in [5.74, 6) is 0.631. The molecule has 0 aromatic rings. The lowest BCUT2D eigenvalue weighted by atomic mass is 9.56. The van der Waals surface area contributed by atoms with Crippen LogP contribution in [-0.2, 0) is 0 Å². The van der Waals surface area contributed by atoms with Crippen LogP contribution in [0.2, 0.25) is 0 Å². The minimum atomic E-state index is -0.552. The lowest BCUT2D eigenvalue weighted by molar-refractivity contribution is -0.130. The molecule has 2 rings (SSSR count). The van der Waals surface area contributed by atoms with Gasteiger partial charge in [0.1, 0.15) is 0 Å². The fourth-order valence-electron chi connectivity index (χ4n) is 3.62. The minimum Gasteiger partial charge on any atom is -0.393 e. The average molecular weight is 198 g/mol. The van der Waals surface area contributed by atoms with Crippen LogP contribution in [0.4, 0.5) is 0 Å². The van der Waals surface area contributed by atoms with Crippen molar-refractivity contribution in [2.24, 2.45) is 11.3 Å². The Bertz CT molecular complexity index is 224. The summed E-state index contributed by atoms with van der Waals surface area (Å²) in [6.45, 7) is 4.07. The van der Waals surface area contributed by atoms with Gasteiger partial charge in [0.25, 0.3) is 0 Å². The standard InChI is InChI=1S/C12H22O2/c1-11(14)7-6-9-4-3-5-10(13)12(9,2)8-11/h9-10,13-14H,3-8H2,1-2H3/t9-,10-,11-,12-/m1/s1. The van der Waals surface area contributed by atoms with Crippen LogP contribution in [0.25, 0.3) is 0 Å². The van der Waals surface area contributed by atoms with Gasteiger partial charge in [-0.25, -0.2) is 0 Å². The predicted molar refractivity (Wildman–Crippen MR) is 55.9 cm³/mol. The summed E-state index contributed by atoms with van der Waals surface area (Å²) >= 11 is 0. The molecule has 2 heteroatoms. The van der Waals surface area contributed by atoms with Crippen LogP contribution in [0.5, 0.6) is 0 Å². The lowest BCUT2D eigenvalue weighted by Crippen LogP contribution is -2.51. The van der Waals surface area contributed by atoms with E-state index >= 15 is 0 Å². The van der Waals surface area contributed by atoms with E-state index < -0.39 is 5.60 Å². The van der Waals surface area contributed by atoms with Crippen molar-refractivity contribution in [3.05, 3.63) is 0 Å². The molecule has 0 spiro atoms. The predicted octanol–water partition coefficient (Wildman–Crippen LogP) is 2.09. The summed E-state index contributed by atoms with van der Waals surface area (Å²) in [4.78, 5) is 0. The molecular formula is C12H22O2. The maximum Gasteiger partial charge on any atom is 0.0626 e. The van der Waals surface area contributed by atoms with E-state index in [2.05, 4.69) is 6.92 Å². The molecule has 0 aliphatic heterocycles. The van der Waals surface area contributed by atoms with E-state index in [1.807, 2.05) is 6.92 Å². The monoisotopic (exact) mass is 198 g/mol. The van der Waals surface area contributed by atoms with Crippen LogP contribution >= 0.6 is 0 Å². The number of hydrogen-bond donors (Lipinski definition) is 2. The van der Waals surface area contributed by atoms with Crippen LogP contribution < -0.4 is 0 Å². The van der Waals surface area contributed by atoms with Gasteiger partial charge in [0.15, 0.2) is 0 Å². The highest BCUT2D eigenvalue weighted by Crippen LogP contribution is 2.52. The first-order valence-electron chi connectivity index (χ1n) is 5.84. The zero-order valence-electron chi connectivity index (χ0n) is 9.29. The van der Waals surface area contributed by atoms with Gasteiger partial charge in [-0.2, -0.15) is 0 Å². The number of rotatable bonds is 0. The fraction of sp³-hybridized carbons (Fsp3) is 1.00. The molecule has 82 valence electrons. The lowest BCUT2D eigenvalue weighted by Gasteiger charge is -2.52. The molecule has 2 nitrogen and oxygen atoms in total. The first-order chi connectivity index (χ1) is 6.44. The van der Waals surface area contributed by atoms with Gasteiger partial charge < -0.3 is 10.2 Å². The topological polar surface area (TPSA) is 40.5 Å². The van der Waals surface area contributed by atoms with Crippen LogP contribution in [0, 0.1) is 11.3 Å². The van der Waals surface area contributed by atoms with Gasteiger partial charge in [0.05, 0.1) is 11.7 Å². The number of fused-ring (bicyclic) bond motifs is 1. The highest BCUT2D eigenvalue weighted by atomic mass is 16.3. The van der Waals surface area contributed by atoms with Crippen LogP contribution in [-0.4, -0.2) is 21.9 Å². The second-order valence-corrected chi connectivity index (χ2v) is 5.86. The van der Waals surface area contributed by atoms with Gasteiger partial charge in [0, 0.05) is 0 Å². The van der Waals surface area contributed by atoms with E-state index in [0.29, 0.717) is 5.92 Å². The van der Waals surface area contributed by atoms with Crippen molar-refractivity contribution in [3.63, 3.8) is 0 Å². The second-order valence-electron chi connectivity index (χ2n) is 5.86. The molecule has 14 heavy (non-hydrogen) atoms. The smallest absolute Gasteiger partial charge is 0.0626 e. The normalized spacial score (nSPS) is 54.0. The Labute approximate surface area is 86.3 Å². The van der Waals surface area contributed by atoms with E-state index in [1.165, 1.54) is 6.42 Å². The van der Waals surface area contributed by atoms with Crippen molar-refractivity contribution >= 4 is 0 Å². The Morgan fingerprint density at radius 2 is 1.86 bits per heavy atom. The van der Waals surface area contributed by atoms with Crippen LogP contribution in [0.15, 0.2) is 0 Å². The third-order valence-electron chi connectivity index (χ3n) is 4.52. The summed E-state index contributed by atoms with van der Waals surface area (Å²) in [5.41, 5.74) is -0.580. The SMILES string of the molecule is C[C@@]1(O)CC[C@H]2CCC[C@@H](O)[C@]2(C)C1. The van der Waals surface area contributed by atoms with Gasteiger partial charge in [-0.15, -0.1) is 0 Å². The molecule has 0 aromatic heterocycles. The highest BCUT2D eigenvalue weighted by Gasteiger charge is 2.49. The quantitative estimate of drug-likeness (QED) is 0.625. The molecule has 0 bridgehead atoms. The van der Waals surface area contributed by atoms with Crippen LogP contribution in [0.3, 0.4) is 0 Å². The fourth-order valence-corrected chi connectivity index (χ4v) is 3.62. The van der Waals surface area contributed by atoms with Crippen molar-refractivity contribution in [2.45, 2.75) is 64.1 Å². The Balaban J connectivity index is 2.20. The number of hydrogen-bond acceptors (Lipinski definition) is 2. The summed E-state index contributed by atoms with van der Waals surface area (Å²) < 4.78 is 0. The molecule has 0 saturated heterocycles. The molecule has 2 aliphatic rings. The maximum absolute atomic E-state index is 10.1. The van der Waals surface area contributed by atoms with E-state index in [9.17, 15) is 10.2 Å². The van der Waals surface area contributed by atoms with Gasteiger partial charge in [-0.3, -0.25) is 0 Å². The van der Waals surface area contributed by atoms with Crippen molar-refractivity contribution in [1.29, 1.82) is 0 Å². The largest absolute Gasteiger partial charge is 0.393 e. The molecule has 0 radical (unpaired) electrons. The number of aliphatic hydroxyl groups is 2. The summed E-state index contributed by atoms with van der Waals surface area (Å²) in [6.07, 6.45) is 5.87. The van der Waals surface area contributed by atoms with Crippen molar-refractivity contribution in [1.82, 2.24) is 0 Å². The molecule has 0 amide bonds. The average Bonchev–Trinajstić information content (AvgIpc) is 2.06. The Morgan fingerprint density at radius 1 is 1.14 bits per heavy atom. The molecule has 2 N–H and O–H groups in total. The van der Waals surface area contributed by atoms with E-state index in [-0.39, 0.29) is 11.5 Å². The Kier molecular flexibility index (Phi) is 2.39. The first-order valence-corrected chi connectivity index (χ1v) is 5.84. The third-order valence-corrected chi connectivity index (χ3v) is 4.52. The minimum absolute atomic E-state index is 0.0278. The van der Waals surface area contributed by atoms with E-state index in [4.69, 9.17) is 0 Å². The Morgan fingerprint density at radius 3 is 2.57 bits per heavy atom. The summed E-state index contributed by atoms with van der Waals surface area (Å²) in [5, 5.41) is 20.2. The first kappa shape index (κ1) is 10.4. The van der Waals surface area contributed by atoms with Crippen LogP contribution in [0.1, 0.15) is 52.4 Å². The molecule has 0 unspecified atom stereocenters. The highest BCUT2D eigenvalue weighted by molar-refractivity contribution is 5.00. The molecule has 2 aliphatic carbocycles. The third kappa shape index (κ3) is 1.59. The van der Waals surface area contributed by atoms with Gasteiger partial charge in [0.2, 0.25) is 0 Å². The molecule has 0 aromatic carbocycles. The van der Waals surface area contributed by atoms with Gasteiger partial charge in [-0.05, 0) is 50.4 Å². The van der Waals surface area contributed by atoms with Crippen molar-refractivity contribution in [2.75, 3.05) is 0 Å². The zero-order valence-corrected chi connectivity index (χ0v) is 9.29. The van der Waals surface area contributed by atoms with Gasteiger partial charge >= 0.3 is 0 Å². The molecular weight excluding hydrogens is 176 g/mol. The molecule has 4 atom stereocenters. The van der Waals surface area contributed by atoms with E-state index in [1.54, 1.807) is 0 Å². The van der Waals surface area contributed by atoms with Crippen molar-refractivity contribution < 1.29 is 10.2 Å². The number of aliphatic hydroxyl groups excluding tert-OH is 1. The molecule has 2 saturated carbocycles. The second kappa shape index (κ2) is 3.21. The maximum atomic E-state index is 10.1. The molecule has 2 fully saturated rings. The zero-order chi connectivity index (χ0) is 10.4. The summed E-state index contributed by atoms with van der Waals surface area (Å²) in [6, 6.07) is 0. The molecule has 0 heterocycles. The van der Waals surface area contributed by atoms with E-state index in [0.717, 1.165) is 32.1 Å².